The lowest BCUT2D eigenvalue weighted by atomic mass is 10.1. The molecule has 0 aliphatic carbocycles. The van der Waals surface area contributed by atoms with Crippen LogP contribution in [0.2, 0.25) is 5.02 Å². The summed E-state index contributed by atoms with van der Waals surface area (Å²) in [6.45, 7) is 1.59. The Morgan fingerprint density at radius 2 is 2.39 bits per heavy atom. The van der Waals surface area contributed by atoms with E-state index in [2.05, 4.69) is 10.2 Å². The summed E-state index contributed by atoms with van der Waals surface area (Å²) in [5.41, 5.74) is 7.60. The van der Waals surface area contributed by atoms with Crippen LogP contribution in [-0.4, -0.2) is 25.5 Å². The predicted octanol–water partition coefficient (Wildman–Crippen LogP) is 1.51. The number of carbonyl (C=O) groups excluding carboxylic acids is 1. The van der Waals surface area contributed by atoms with Gasteiger partial charge in [-0.25, -0.2) is 0 Å². The average Bonchev–Trinajstić information content (AvgIpc) is 2.78. The number of hydrogen-bond acceptors (Lipinski definition) is 3. The minimum absolute atomic E-state index is 0.193. The number of benzene rings is 1. The Morgan fingerprint density at radius 1 is 1.61 bits per heavy atom. The summed E-state index contributed by atoms with van der Waals surface area (Å²) in [6.07, 6.45) is 1.83. The lowest BCUT2D eigenvalue weighted by Crippen LogP contribution is -2.40. The maximum atomic E-state index is 11.5. The Bertz CT molecular complexity index is 450. The van der Waals surface area contributed by atoms with Crippen LogP contribution in [0.15, 0.2) is 18.2 Å². The van der Waals surface area contributed by atoms with Gasteiger partial charge in [0.15, 0.2) is 0 Å². The number of nitrogens with two attached hydrogens (primary N) is 1. The summed E-state index contributed by atoms with van der Waals surface area (Å²) in [5.74, 6) is -0.252. The van der Waals surface area contributed by atoms with E-state index < -0.39 is 0 Å². The summed E-state index contributed by atoms with van der Waals surface area (Å²) < 4.78 is 0. The first-order valence-electron chi connectivity index (χ1n) is 6.12. The van der Waals surface area contributed by atoms with Crippen molar-refractivity contribution in [2.45, 2.75) is 25.4 Å². The van der Waals surface area contributed by atoms with Gasteiger partial charge in [-0.2, -0.15) is 0 Å². The molecule has 0 radical (unpaired) electrons. The number of amides is 1. The summed E-state index contributed by atoms with van der Waals surface area (Å²) in [7, 11) is 1.89. The molecule has 0 spiro atoms. The molecule has 0 aromatic heterocycles. The normalized spacial score (nSPS) is 19.2. The molecular weight excluding hydrogens is 250 g/mol. The van der Waals surface area contributed by atoms with Gasteiger partial charge in [0, 0.05) is 23.8 Å². The summed E-state index contributed by atoms with van der Waals surface area (Å²) in [6, 6.07) is 5.56. The lowest BCUT2D eigenvalue weighted by molar-refractivity contribution is -0.119. The van der Waals surface area contributed by atoms with E-state index in [0.717, 1.165) is 37.2 Å². The minimum Gasteiger partial charge on any atom is -0.368 e. The number of primary amides is 1. The summed E-state index contributed by atoms with van der Waals surface area (Å²) >= 11 is 6.02. The van der Waals surface area contributed by atoms with E-state index in [1.54, 1.807) is 0 Å². The van der Waals surface area contributed by atoms with Crippen molar-refractivity contribution in [1.29, 1.82) is 0 Å². The molecule has 0 saturated carbocycles. The second kappa shape index (κ2) is 5.59. The number of nitrogens with zero attached hydrogens (tertiary/aromatic N) is 1. The Morgan fingerprint density at radius 3 is 3.06 bits per heavy atom. The van der Waals surface area contributed by atoms with Gasteiger partial charge in [-0.05, 0) is 43.7 Å². The zero-order valence-corrected chi connectivity index (χ0v) is 11.2. The van der Waals surface area contributed by atoms with Gasteiger partial charge < -0.3 is 16.0 Å². The summed E-state index contributed by atoms with van der Waals surface area (Å²) in [4.78, 5) is 13.5. The summed E-state index contributed by atoms with van der Waals surface area (Å²) in [5, 5.41) is 3.82. The van der Waals surface area contributed by atoms with Gasteiger partial charge in [0.25, 0.3) is 0 Å². The quantitative estimate of drug-likeness (QED) is 0.870. The highest BCUT2D eigenvalue weighted by molar-refractivity contribution is 6.30. The van der Waals surface area contributed by atoms with Gasteiger partial charge in [-0.15, -0.1) is 0 Å². The highest BCUT2D eigenvalue weighted by Crippen LogP contribution is 2.30. The van der Waals surface area contributed by atoms with Crippen molar-refractivity contribution in [1.82, 2.24) is 5.32 Å². The van der Waals surface area contributed by atoms with E-state index in [1.807, 2.05) is 25.2 Å². The second-order valence-corrected chi connectivity index (χ2v) is 4.99. The number of hydrogen-bond donors (Lipinski definition) is 2. The molecular formula is C13H18ClN3O. The monoisotopic (exact) mass is 267 g/mol. The van der Waals surface area contributed by atoms with Crippen molar-refractivity contribution in [2.24, 2.45) is 5.73 Å². The van der Waals surface area contributed by atoms with Gasteiger partial charge in [0.1, 0.15) is 6.04 Å². The molecule has 0 bridgehead atoms. The van der Waals surface area contributed by atoms with E-state index in [4.69, 9.17) is 17.3 Å². The van der Waals surface area contributed by atoms with Crippen LogP contribution in [-0.2, 0) is 11.3 Å². The highest BCUT2D eigenvalue weighted by Gasteiger charge is 2.30. The van der Waals surface area contributed by atoms with Crippen molar-refractivity contribution in [2.75, 3.05) is 18.5 Å². The standard InChI is InChI=1S/C13H18ClN3O/c1-16-8-9-7-10(14)4-5-11(9)17-6-2-3-12(17)13(15)18/h4-5,7,12,16H,2-3,6,8H2,1H3,(H2,15,18). The van der Waals surface area contributed by atoms with Gasteiger partial charge in [-0.1, -0.05) is 11.6 Å². The fourth-order valence-corrected chi connectivity index (χ4v) is 2.71. The molecule has 1 aliphatic heterocycles. The molecule has 1 aromatic carbocycles. The predicted molar refractivity (Wildman–Crippen MR) is 73.8 cm³/mol. The molecule has 18 heavy (non-hydrogen) atoms. The first kappa shape index (κ1) is 13.2. The van der Waals surface area contributed by atoms with Crippen molar-refractivity contribution in [3.8, 4) is 0 Å². The van der Waals surface area contributed by atoms with Crippen LogP contribution >= 0.6 is 11.6 Å². The molecule has 1 aliphatic rings. The van der Waals surface area contributed by atoms with Gasteiger partial charge in [-0.3, -0.25) is 4.79 Å². The lowest BCUT2D eigenvalue weighted by Gasteiger charge is -2.27. The zero-order chi connectivity index (χ0) is 13.1. The van der Waals surface area contributed by atoms with Crippen LogP contribution in [0.4, 0.5) is 5.69 Å². The Balaban J connectivity index is 2.34. The van der Waals surface area contributed by atoms with Crippen LogP contribution in [0.3, 0.4) is 0 Å². The molecule has 1 atom stereocenters. The van der Waals surface area contributed by atoms with Crippen molar-refractivity contribution in [3.63, 3.8) is 0 Å². The first-order valence-corrected chi connectivity index (χ1v) is 6.50. The molecule has 98 valence electrons. The van der Waals surface area contributed by atoms with Crippen molar-refractivity contribution >= 4 is 23.2 Å². The molecule has 1 heterocycles. The van der Waals surface area contributed by atoms with E-state index in [9.17, 15) is 4.79 Å². The largest absolute Gasteiger partial charge is 0.368 e. The number of rotatable bonds is 4. The number of halogens is 1. The van der Waals surface area contributed by atoms with Crippen LogP contribution < -0.4 is 16.0 Å². The maximum absolute atomic E-state index is 11.5. The maximum Gasteiger partial charge on any atom is 0.240 e. The van der Waals surface area contributed by atoms with Gasteiger partial charge >= 0.3 is 0 Å². The van der Waals surface area contributed by atoms with Crippen LogP contribution in [0, 0.1) is 0 Å². The third-order valence-corrected chi connectivity index (χ3v) is 3.53. The van der Waals surface area contributed by atoms with E-state index >= 15 is 0 Å². The molecule has 1 saturated heterocycles. The minimum atomic E-state index is -0.252. The fraction of sp³-hybridized carbons (Fsp3) is 0.462. The SMILES string of the molecule is CNCc1cc(Cl)ccc1N1CCCC1C(N)=O. The Labute approximate surface area is 112 Å². The Hall–Kier alpha value is -1.26. The highest BCUT2D eigenvalue weighted by atomic mass is 35.5. The molecule has 1 unspecified atom stereocenters. The number of anilines is 1. The Kier molecular flexibility index (Phi) is 4.09. The number of carbonyl (C=O) groups is 1. The molecule has 2 rings (SSSR count). The van der Waals surface area contributed by atoms with Crippen LogP contribution in [0.1, 0.15) is 18.4 Å². The van der Waals surface area contributed by atoms with Crippen molar-refractivity contribution in [3.05, 3.63) is 28.8 Å². The zero-order valence-electron chi connectivity index (χ0n) is 10.4. The molecule has 3 N–H and O–H groups in total. The van der Waals surface area contributed by atoms with E-state index in [1.165, 1.54) is 0 Å². The van der Waals surface area contributed by atoms with Crippen LogP contribution in [0.25, 0.3) is 0 Å². The second-order valence-electron chi connectivity index (χ2n) is 4.56. The smallest absolute Gasteiger partial charge is 0.240 e. The van der Waals surface area contributed by atoms with Crippen LogP contribution in [0.5, 0.6) is 0 Å². The van der Waals surface area contributed by atoms with E-state index in [-0.39, 0.29) is 11.9 Å². The average molecular weight is 268 g/mol. The molecule has 1 aromatic rings. The molecule has 1 fully saturated rings. The third-order valence-electron chi connectivity index (χ3n) is 3.30. The molecule has 5 heteroatoms. The number of nitrogens with one attached hydrogen (secondary N) is 1. The molecule has 4 nitrogen and oxygen atoms in total. The molecule has 1 amide bonds. The topological polar surface area (TPSA) is 58.4 Å². The van der Waals surface area contributed by atoms with Gasteiger partial charge in [0.2, 0.25) is 5.91 Å². The van der Waals surface area contributed by atoms with Gasteiger partial charge in [0.05, 0.1) is 0 Å². The van der Waals surface area contributed by atoms with E-state index in [0.29, 0.717) is 5.02 Å². The third kappa shape index (κ3) is 2.60. The van der Waals surface area contributed by atoms with Crippen molar-refractivity contribution < 1.29 is 4.79 Å². The first-order chi connectivity index (χ1) is 8.63. The fourth-order valence-electron chi connectivity index (χ4n) is 2.52.